The van der Waals surface area contributed by atoms with Gasteiger partial charge in [-0.25, -0.2) is 0 Å². The molecule has 0 unspecified atom stereocenters. The van der Waals surface area contributed by atoms with E-state index in [0.717, 1.165) is 24.1 Å². The summed E-state index contributed by atoms with van der Waals surface area (Å²) in [7, 11) is 0. The molecule has 1 amide bonds. The molecule has 0 heterocycles. The normalized spacial score (nSPS) is 10.6. The van der Waals surface area contributed by atoms with E-state index >= 15 is 0 Å². The van der Waals surface area contributed by atoms with Crippen molar-refractivity contribution in [2.45, 2.75) is 39.8 Å². The molecule has 0 atom stereocenters. The zero-order valence-corrected chi connectivity index (χ0v) is 10.9. The summed E-state index contributed by atoms with van der Waals surface area (Å²) in [6, 6.07) is 7.79. The number of amides is 1. The van der Waals surface area contributed by atoms with Crippen molar-refractivity contribution in [3.8, 4) is 0 Å². The van der Waals surface area contributed by atoms with Gasteiger partial charge in [-0.05, 0) is 38.0 Å². The van der Waals surface area contributed by atoms with Gasteiger partial charge in [-0.3, -0.25) is 4.79 Å². The zero-order chi connectivity index (χ0) is 12.8. The highest BCUT2D eigenvalue weighted by atomic mass is 16.2. The first-order chi connectivity index (χ1) is 8.10. The fraction of sp³-hybridized carbons (Fsp3) is 0.500. The molecule has 0 radical (unpaired) electrons. The maximum atomic E-state index is 12.3. The molecule has 0 fully saturated rings. The first-order valence-corrected chi connectivity index (χ1v) is 6.20. The SMILES string of the molecule is CCCN(C(=O)c1cccc(CN)c1)C(C)C. The average molecular weight is 234 g/mol. The Kier molecular flexibility index (Phi) is 5.16. The molecule has 0 saturated carbocycles. The molecule has 0 aliphatic carbocycles. The third-order valence-corrected chi connectivity index (χ3v) is 2.76. The van der Waals surface area contributed by atoms with E-state index in [1.165, 1.54) is 0 Å². The van der Waals surface area contributed by atoms with Gasteiger partial charge in [0.1, 0.15) is 0 Å². The van der Waals surface area contributed by atoms with Gasteiger partial charge in [-0.15, -0.1) is 0 Å². The van der Waals surface area contributed by atoms with Crippen LogP contribution in [0.25, 0.3) is 0 Å². The van der Waals surface area contributed by atoms with Crippen molar-refractivity contribution in [3.63, 3.8) is 0 Å². The van der Waals surface area contributed by atoms with Crippen LogP contribution < -0.4 is 5.73 Å². The summed E-state index contributed by atoms with van der Waals surface area (Å²) in [6.07, 6.45) is 0.973. The summed E-state index contributed by atoms with van der Waals surface area (Å²) in [4.78, 5) is 14.2. The fourth-order valence-corrected chi connectivity index (χ4v) is 1.83. The minimum Gasteiger partial charge on any atom is -0.336 e. The lowest BCUT2D eigenvalue weighted by atomic mass is 10.1. The second-order valence-electron chi connectivity index (χ2n) is 4.50. The predicted octanol–water partition coefficient (Wildman–Crippen LogP) is 2.41. The molecule has 0 bridgehead atoms. The van der Waals surface area contributed by atoms with Gasteiger partial charge in [0.2, 0.25) is 0 Å². The molecule has 0 aliphatic heterocycles. The van der Waals surface area contributed by atoms with Crippen LogP contribution in [0.15, 0.2) is 24.3 Å². The molecular formula is C14H22N2O. The Bertz CT molecular complexity index is 374. The number of benzene rings is 1. The predicted molar refractivity (Wildman–Crippen MR) is 70.8 cm³/mol. The number of rotatable bonds is 5. The first kappa shape index (κ1) is 13.7. The van der Waals surface area contributed by atoms with E-state index < -0.39 is 0 Å². The number of carbonyl (C=O) groups excluding carboxylic acids is 1. The Morgan fingerprint density at radius 3 is 2.65 bits per heavy atom. The Morgan fingerprint density at radius 2 is 2.12 bits per heavy atom. The molecule has 94 valence electrons. The summed E-state index contributed by atoms with van der Waals surface area (Å²) >= 11 is 0. The molecule has 3 nitrogen and oxygen atoms in total. The average Bonchev–Trinajstić information content (AvgIpc) is 2.34. The van der Waals surface area contributed by atoms with Crippen LogP contribution in [0.3, 0.4) is 0 Å². The molecule has 1 aromatic rings. The highest BCUT2D eigenvalue weighted by molar-refractivity contribution is 5.94. The van der Waals surface area contributed by atoms with Crippen molar-refractivity contribution in [1.29, 1.82) is 0 Å². The van der Waals surface area contributed by atoms with Gasteiger partial charge >= 0.3 is 0 Å². The van der Waals surface area contributed by atoms with E-state index in [2.05, 4.69) is 6.92 Å². The summed E-state index contributed by atoms with van der Waals surface area (Å²) < 4.78 is 0. The summed E-state index contributed by atoms with van der Waals surface area (Å²) in [5, 5.41) is 0. The van der Waals surface area contributed by atoms with Crippen molar-refractivity contribution in [1.82, 2.24) is 4.90 Å². The minimum absolute atomic E-state index is 0.0946. The molecule has 2 N–H and O–H groups in total. The number of nitrogens with two attached hydrogens (primary N) is 1. The Balaban J connectivity index is 2.92. The molecule has 17 heavy (non-hydrogen) atoms. The van der Waals surface area contributed by atoms with Crippen molar-refractivity contribution < 1.29 is 4.79 Å². The number of carbonyl (C=O) groups is 1. The highest BCUT2D eigenvalue weighted by Gasteiger charge is 2.17. The Morgan fingerprint density at radius 1 is 1.41 bits per heavy atom. The van der Waals surface area contributed by atoms with Crippen LogP contribution >= 0.6 is 0 Å². The smallest absolute Gasteiger partial charge is 0.254 e. The maximum Gasteiger partial charge on any atom is 0.254 e. The summed E-state index contributed by atoms with van der Waals surface area (Å²) in [5.74, 6) is 0.0946. The lowest BCUT2D eigenvalue weighted by Crippen LogP contribution is -2.37. The third-order valence-electron chi connectivity index (χ3n) is 2.76. The number of nitrogens with zero attached hydrogens (tertiary/aromatic N) is 1. The minimum atomic E-state index is 0.0946. The van der Waals surface area contributed by atoms with Crippen LogP contribution in [0.5, 0.6) is 0 Å². The molecule has 0 aliphatic rings. The lowest BCUT2D eigenvalue weighted by molar-refractivity contribution is 0.0706. The first-order valence-electron chi connectivity index (χ1n) is 6.20. The zero-order valence-electron chi connectivity index (χ0n) is 10.9. The van der Waals surface area contributed by atoms with Crippen molar-refractivity contribution in [2.24, 2.45) is 5.73 Å². The lowest BCUT2D eigenvalue weighted by Gasteiger charge is -2.26. The van der Waals surface area contributed by atoms with Gasteiger partial charge in [-0.1, -0.05) is 19.1 Å². The fourth-order valence-electron chi connectivity index (χ4n) is 1.83. The maximum absolute atomic E-state index is 12.3. The summed E-state index contributed by atoms with van der Waals surface area (Å²) in [5.41, 5.74) is 7.32. The van der Waals surface area contributed by atoms with Crippen LogP contribution in [-0.4, -0.2) is 23.4 Å². The Hall–Kier alpha value is -1.35. The van der Waals surface area contributed by atoms with Crippen LogP contribution in [0.4, 0.5) is 0 Å². The second kappa shape index (κ2) is 6.40. The molecule has 0 spiro atoms. The molecule has 0 aromatic heterocycles. The van der Waals surface area contributed by atoms with E-state index in [1.54, 1.807) is 0 Å². The van der Waals surface area contributed by atoms with E-state index in [9.17, 15) is 4.79 Å². The van der Waals surface area contributed by atoms with Crippen molar-refractivity contribution >= 4 is 5.91 Å². The molecule has 3 heteroatoms. The van der Waals surface area contributed by atoms with Gasteiger partial charge in [0.25, 0.3) is 5.91 Å². The monoisotopic (exact) mass is 234 g/mol. The Labute approximate surface area is 104 Å². The van der Waals surface area contributed by atoms with Crippen molar-refractivity contribution in [2.75, 3.05) is 6.54 Å². The molecule has 1 rings (SSSR count). The van der Waals surface area contributed by atoms with Gasteiger partial charge in [0.15, 0.2) is 0 Å². The van der Waals surface area contributed by atoms with Crippen molar-refractivity contribution in [3.05, 3.63) is 35.4 Å². The van der Waals surface area contributed by atoms with Crippen LogP contribution in [-0.2, 0) is 6.54 Å². The largest absolute Gasteiger partial charge is 0.336 e. The molecule has 1 aromatic carbocycles. The van der Waals surface area contributed by atoms with Crippen LogP contribution in [0.2, 0.25) is 0 Å². The van der Waals surface area contributed by atoms with E-state index in [4.69, 9.17) is 5.73 Å². The topological polar surface area (TPSA) is 46.3 Å². The standard InChI is InChI=1S/C14H22N2O/c1-4-8-16(11(2)3)14(17)13-7-5-6-12(9-13)10-15/h5-7,9,11H,4,8,10,15H2,1-3H3. The number of hydrogen-bond acceptors (Lipinski definition) is 2. The van der Waals surface area contributed by atoms with E-state index in [1.807, 2.05) is 43.0 Å². The summed E-state index contributed by atoms with van der Waals surface area (Å²) in [6.45, 7) is 7.43. The van der Waals surface area contributed by atoms with Gasteiger partial charge in [0, 0.05) is 24.7 Å². The molecular weight excluding hydrogens is 212 g/mol. The van der Waals surface area contributed by atoms with Crippen LogP contribution in [0, 0.1) is 0 Å². The van der Waals surface area contributed by atoms with E-state index in [-0.39, 0.29) is 11.9 Å². The van der Waals surface area contributed by atoms with Gasteiger partial charge in [-0.2, -0.15) is 0 Å². The molecule has 0 saturated heterocycles. The second-order valence-corrected chi connectivity index (χ2v) is 4.50. The van der Waals surface area contributed by atoms with E-state index in [0.29, 0.717) is 6.54 Å². The van der Waals surface area contributed by atoms with Gasteiger partial charge in [0.05, 0.1) is 0 Å². The van der Waals surface area contributed by atoms with Gasteiger partial charge < -0.3 is 10.6 Å². The number of hydrogen-bond donors (Lipinski definition) is 1. The quantitative estimate of drug-likeness (QED) is 0.850. The van der Waals surface area contributed by atoms with Crippen LogP contribution in [0.1, 0.15) is 43.1 Å². The highest BCUT2D eigenvalue weighted by Crippen LogP contribution is 2.11. The third kappa shape index (κ3) is 3.56.